The number of urea groups is 2. The molecule has 4 unspecified atom stereocenters. The van der Waals surface area contributed by atoms with Gasteiger partial charge < -0.3 is 20.8 Å². The zero-order valence-electron chi connectivity index (χ0n) is 27.9. The van der Waals surface area contributed by atoms with Crippen LogP contribution in [0.4, 0.5) is 21.0 Å². The van der Waals surface area contributed by atoms with Crippen molar-refractivity contribution in [3.63, 3.8) is 0 Å². The summed E-state index contributed by atoms with van der Waals surface area (Å²) >= 11 is 1.03. The minimum absolute atomic E-state index is 0.0720. The summed E-state index contributed by atoms with van der Waals surface area (Å²) < 4.78 is 17.6. The summed E-state index contributed by atoms with van der Waals surface area (Å²) in [7, 11) is -3.62. The third kappa shape index (κ3) is 4.88. The lowest BCUT2D eigenvalue weighted by Gasteiger charge is -2.25. The number of thiophene rings is 1. The first kappa shape index (κ1) is 32.4. The fourth-order valence-corrected chi connectivity index (χ4v) is 11.8. The van der Waals surface area contributed by atoms with Crippen LogP contribution in [0, 0.1) is 11.8 Å². The molecule has 9 N–H and O–H groups in total. The van der Waals surface area contributed by atoms with E-state index in [0.717, 1.165) is 134 Å². The van der Waals surface area contributed by atoms with Gasteiger partial charge >= 0.3 is 12.1 Å². The number of pyridine rings is 2. The number of anilines is 2. The molecule has 3 aromatic rings. The number of nitrogens with two attached hydrogens (primary N) is 2. The van der Waals surface area contributed by atoms with Crippen molar-refractivity contribution < 1.29 is 24.0 Å². The minimum atomic E-state index is -3.62. The number of hydrogen-bond acceptors (Lipinski definition) is 9. The minimum Gasteiger partial charge on any atom is -0.393 e. The summed E-state index contributed by atoms with van der Waals surface area (Å²) in [4.78, 5) is 36.7. The molecule has 6 aliphatic carbocycles. The first-order valence-corrected chi connectivity index (χ1v) is 20.0. The first-order chi connectivity index (χ1) is 23.9. The normalized spacial score (nSPS) is 24.9. The predicted octanol–water partition coefficient (Wildman–Crippen LogP) is 3.75. The number of nitrogens with zero attached hydrogens (tertiary/aromatic N) is 3. The molecular weight excluding hydrogens is 677 g/mol. The van der Waals surface area contributed by atoms with Crippen LogP contribution in [0.15, 0.2) is 20.0 Å². The van der Waals surface area contributed by atoms with Gasteiger partial charge in [0, 0.05) is 22.2 Å². The molecule has 2 saturated carbocycles. The summed E-state index contributed by atoms with van der Waals surface area (Å²) in [6.45, 7) is 0.917. The molecular formula is C35H42N8O5S2. The lowest BCUT2D eigenvalue weighted by molar-refractivity contribution is -0.00203. The van der Waals surface area contributed by atoms with Gasteiger partial charge in [-0.25, -0.2) is 24.8 Å². The van der Waals surface area contributed by atoms with Crippen LogP contribution in [0.5, 0.6) is 0 Å². The molecule has 0 bridgehead atoms. The lowest BCUT2D eigenvalue weighted by atomic mass is 9.79. The molecule has 2 fully saturated rings. The van der Waals surface area contributed by atoms with Crippen LogP contribution in [0.2, 0.25) is 0 Å². The topological polar surface area (TPSA) is 218 Å². The number of aryl methyl sites for hydroxylation is 1. The molecule has 50 heavy (non-hydrogen) atoms. The number of fused-ring (bicyclic) bond motifs is 6. The standard InChI is InChI=1S/C35H42N8O5S2/c1-33(47,16-44)18-13-26(49-15-18)50(37,48)43-32(46)41-27-19-3-2-4-24(19)38-30-22(27)14-23(35(30)9-10-35)17-11-21-25(12-17)39-29-20(5-6-34(29)7-8-34)28(21)40-31(45)42-36/h13,15,17,23,44,47H,2-12,14,16,36H2,1H3,(H2,39,40,42,45)(H3,37,38,41,43,46,48). The molecule has 0 saturated heterocycles. The number of carbonyl (C=O) groups is 2. The van der Waals surface area contributed by atoms with Crippen molar-refractivity contribution in [2.45, 2.75) is 105 Å². The van der Waals surface area contributed by atoms with E-state index in [0.29, 0.717) is 11.5 Å². The quantitative estimate of drug-likeness (QED) is 0.113. The number of rotatable bonds is 6. The molecule has 0 radical (unpaired) electrons. The fraction of sp³-hybridized carbons (Fsp3) is 0.543. The van der Waals surface area contributed by atoms with E-state index < -0.39 is 34.2 Å². The van der Waals surface area contributed by atoms with Crippen LogP contribution in [-0.4, -0.2) is 43.1 Å². The SMILES string of the molecule is CC(O)(CO)c1csc(S(N)(=O)=NC(=O)Nc2c3c(nc4c2CC(C2Cc5nc6c(c(NC(=O)NN)c5C2)CCC62CC2)C42CC2)CCC3)c1. The lowest BCUT2D eigenvalue weighted by Crippen LogP contribution is -2.35. The van der Waals surface area contributed by atoms with Gasteiger partial charge in [-0.2, -0.15) is 0 Å². The van der Waals surface area contributed by atoms with E-state index in [1.807, 2.05) is 0 Å². The molecule has 13 nitrogen and oxygen atoms in total. The van der Waals surface area contributed by atoms with Crippen LogP contribution in [0.25, 0.3) is 0 Å². The molecule has 6 aliphatic rings. The van der Waals surface area contributed by atoms with Crippen LogP contribution >= 0.6 is 11.3 Å². The highest BCUT2D eigenvalue weighted by molar-refractivity contribution is 7.93. The van der Waals surface area contributed by atoms with Gasteiger partial charge in [-0.3, -0.25) is 15.4 Å². The monoisotopic (exact) mass is 718 g/mol. The Hall–Kier alpha value is -3.47. The number of aliphatic hydroxyl groups is 2. The Morgan fingerprint density at radius 2 is 1.76 bits per heavy atom. The number of aromatic nitrogens is 2. The van der Waals surface area contributed by atoms with Gasteiger partial charge in [0.15, 0.2) is 9.92 Å². The molecule has 0 aromatic carbocycles. The molecule has 3 aromatic heterocycles. The van der Waals surface area contributed by atoms with Gasteiger partial charge in [-0.05, 0) is 135 Å². The van der Waals surface area contributed by atoms with E-state index in [-0.39, 0.29) is 21.0 Å². The van der Waals surface area contributed by atoms with Gasteiger partial charge in [0.05, 0.1) is 29.4 Å². The van der Waals surface area contributed by atoms with Crippen molar-refractivity contribution >= 4 is 44.7 Å². The van der Waals surface area contributed by atoms with Gasteiger partial charge in [-0.15, -0.1) is 15.7 Å². The molecule has 0 aliphatic heterocycles. The molecule has 2 spiro atoms. The smallest absolute Gasteiger partial charge is 0.354 e. The third-order valence-corrected chi connectivity index (χ3v) is 15.4. The first-order valence-electron chi connectivity index (χ1n) is 17.5. The van der Waals surface area contributed by atoms with E-state index in [9.17, 15) is 24.0 Å². The maximum absolute atomic E-state index is 13.5. The second kappa shape index (κ2) is 11.0. The summed E-state index contributed by atoms with van der Waals surface area (Å²) in [5.74, 6) is 6.09. The highest BCUT2D eigenvalue weighted by atomic mass is 32.2. The fourth-order valence-electron chi connectivity index (χ4n) is 9.55. The molecule has 4 atom stereocenters. The number of nitrogens with one attached hydrogen (secondary N) is 3. The Morgan fingerprint density at radius 1 is 1.00 bits per heavy atom. The summed E-state index contributed by atoms with van der Waals surface area (Å²) in [5, 5.41) is 33.8. The average molecular weight is 719 g/mol. The summed E-state index contributed by atoms with van der Waals surface area (Å²) in [6.07, 6.45) is 11.3. The predicted molar refractivity (Wildman–Crippen MR) is 188 cm³/mol. The maximum Gasteiger partial charge on any atom is 0.354 e. The Bertz CT molecular complexity index is 2130. The second-order valence-corrected chi connectivity index (χ2v) is 18.5. The number of carbonyl (C=O) groups excluding carboxylic acids is 2. The van der Waals surface area contributed by atoms with E-state index in [1.165, 1.54) is 24.2 Å². The number of hydrogen-bond donors (Lipinski definition) is 7. The van der Waals surface area contributed by atoms with Crippen molar-refractivity contribution in [3.05, 3.63) is 62.0 Å². The van der Waals surface area contributed by atoms with Crippen LogP contribution in [0.1, 0.15) is 96.0 Å². The Balaban J connectivity index is 1.03. The van der Waals surface area contributed by atoms with Gasteiger partial charge in [0.2, 0.25) is 0 Å². The van der Waals surface area contributed by atoms with E-state index in [2.05, 4.69) is 20.4 Å². The summed E-state index contributed by atoms with van der Waals surface area (Å²) in [6, 6.07) is 0.225. The van der Waals surface area contributed by atoms with Crippen molar-refractivity contribution in [3.8, 4) is 0 Å². The number of hydrazine groups is 1. The molecule has 264 valence electrons. The number of aliphatic hydroxyl groups excluding tert-OH is 1. The maximum atomic E-state index is 13.5. The van der Waals surface area contributed by atoms with Crippen LogP contribution in [-0.2, 0) is 64.9 Å². The van der Waals surface area contributed by atoms with Crippen molar-refractivity contribution in [2.75, 3.05) is 17.2 Å². The van der Waals surface area contributed by atoms with E-state index in [1.54, 1.807) is 5.38 Å². The Kier molecular flexibility index (Phi) is 7.15. The zero-order valence-corrected chi connectivity index (χ0v) is 29.6. The van der Waals surface area contributed by atoms with E-state index in [4.69, 9.17) is 20.9 Å². The van der Waals surface area contributed by atoms with Gasteiger partial charge in [0.1, 0.15) is 9.81 Å². The van der Waals surface area contributed by atoms with Crippen LogP contribution in [0.3, 0.4) is 0 Å². The Morgan fingerprint density at radius 3 is 2.48 bits per heavy atom. The molecule has 3 heterocycles. The Labute approximate surface area is 294 Å². The number of amides is 4. The molecule has 15 heteroatoms. The van der Waals surface area contributed by atoms with Crippen molar-refractivity contribution in [1.29, 1.82) is 0 Å². The highest BCUT2D eigenvalue weighted by Gasteiger charge is 2.61. The average Bonchev–Trinajstić information content (AvgIpc) is 3.63. The van der Waals surface area contributed by atoms with Crippen LogP contribution < -0.4 is 27.0 Å². The second-order valence-electron chi connectivity index (χ2n) is 15.5. The largest absolute Gasteiger partial charge is 0.393 e. The van der Waals surface area contributed by atoms with Crippen molar-refractivity contribution in [2.24, 2.45) is 27.2 Å². The third-order valence-electron chi connectivity index (χ3n) is 12.5. The summed E-state index contributed by atoms with van der Waals surface area (Å²) in [5.41, 5.74) is 11.5. The zero-order chi connectivity index (χ0) is 34.8. The van der Waals surface area contributed by atoms with E-state index >= 15 is 0 Å². The highest BCUT2D eigenvalue weighted by Crippen LogP contribution is 2.65. The molecule has 4 amide bonds. The van der Waals surface area contributed by atoms with Gasteiger partial charge in [0.25, 0.3) is 0 Å². The van der Waals surface area contributed by atoms with Gasteiger partial charge in [-0.1, -0.05) is 0 Å². The molecule has 9 rings (SSSR count). The van der Waals surface area contributed by atoms with Crippen molar-refractivity contribution in [1.82, 2.24) is 15.4 Å².